The third kappa shape index (κ3) is 2.02. The zero-order valence-corrected chi connectivity index (χ0v) is 11.2. The van der Waals surface area contributed by atoms with E-state index in [0.717, 1.165) is 18.2 Å². The minimum absolute atomic E-state index is 0.163. The summed E-state index contributed by atoms with van der Waals surface area (Å²) in [5.41, 5.74) is 11.8. The maximum Gasteiger partial charge on any atom is 0.224 e. The number of fused-ring (bicyclic) bond motifs is 1. The fraction of sp³-hybridized carbons (Fsp3) is 0.500. The lowest BCUT2D eigenvalue weighted by Gasteiger charge is -2.37. The normalized spacial score (nSPS) is 23.1. The molecule has 1 amide bonds. The van der Waals surface area contributed by atoms with Crippen LogP contribution in [0.25, 0.3) is 11.0 Å². The lowest BCUT2D eigenvalue weighted by molar-refractivity contribution is -0.122. The summed E-state index contributed by atoms with van der Waals surface area (Å²) >= 11 is 0. The van der Waals surface area contributed by atoms with Crippen molar-refractivity contribution in [2.45, 2.75) is 25.8 Å². The number of anilines is 2. The molecule has 0 bridgehead atoms. The van der Waals surface area contributed by atoms with Crippen molar-refractivity contribution < 1.29 is 4.79 Å². The number of aromatic amines is 1. The topological polar surface area (TPSA) is 127 Å². The van der Waals surface area contributed by atoms with Crippen LogP contribution in [0.15, 0.2) is 6.20 Å². The van der Waals surface area contributed by atoms with Gasteiger partial charge in [-0.3, -0.25) is 9.89 Å². The Morgan fingerprint density at radius 2 is 2.25 bits per heavy atom. The Labute approximate surface area is 115 Å². The molecule has 0 aliphatic carbocycles. The highest BCUT2D eigenvalue weighted by molar-refractivity contribution is 5.88. The van der Waals surface area contributed by atoms with Crippen LogP contribution in [0, 0.1) is 5.92 Å². The van der Waals surface area contributed by atoms with Gasteiger partial charge in [-0.05, 0) is 19.8 Å². The van der Waals surface area contributed by atoms with Crippen molar-refractivity contribution in [2.24, 2.45) is 11.7 Å². The van der Waals surface area contributed by atoms with Crippen molar-refractivity contribution in [1.82, 2.24) is 20.2 Å². The van der Waals surface area contributed by atoms with E-state index in [4.69, 9.17) is 11.5 Å². The van der Waals surface area contributed by atoms with Gasteiger partial charge in [-0.1, -0.05) is 0 Å². The molecule has 0 radical (unpaired) electrons. The Hall–Kier alpha value is -2.38. The second-order valence-corrected chi connectivity index (χ2v) is 5.22. The predicted molar refractivity (Wildman–Crippen MR) is 74.8 cm³/mol. The van der Waals surface area contributed by atoms with Crippen molar-refractivity contribution >= 4 is 28.7 Å². The van der Waals surface area contributed by atoms with Crippen LogP contribution in [0.5, 0.6) is 0 Å². The SMILES string of the molecule is CC1CCC(C(N)=O)CN1c1nc(N)nc2[nH]ncc12. The molecule has 2 unspecified atom stereocenters. The lowest BCUT2D eigenvalue weighted by Crippen LogP contribution is -2.46. The van der Waals surface area contributed by atoms with E-state index in [9.17, 15) is 4.79 Å². The second-order valence-electron chi connectivity index (χ2n) is 5.22. The van der Waals surface area contributed by atoms with Gasteiger partial charge in [-0.2, -0.15) is 15.1 Å². The van der Waals surface area contributed by atoms with E-state index >= 15 is 0 Å². The van der Waals surface area contributed by atoms with Crippen molar-refractivity contribution in [3.8, 4) is 0 Å². The molecule has 1 fully saturated rings. The first-order valence-electron chi connectivity index (χ1n) is 6.59. The predicted octanol–water partition coefficient (Wildman–Crippen LogP) is 0.0253. The Balaban J connectivity index is 2.04. The van der Waals surface area contributed by atoms with Gasteiger partial charge in [0, 0.05) is 12.6 Å². The van der Waals surface area contributed by atoms with E-state index in [2.05, 4.69) is 32.0 Å². The molecule has 106 valence electrons. The summed E-state index contributed by atoms with van der Waals surface area (Å²) in [7, 11) is 0. The Morgan fingerprint density at radius 1 is 1.45 bits per heavy atom. The van der Waals surface area contributed by atoms with Gasteiger partial charge in [-0.15, -0.1) is 0 Å². The van der Waals surface area contributed by atoms with E-state index in [1.54, 1.807) is 6.20 Å². The molecule has 0 aromatic carbocycles. The van der Waals surface area contributed by atoms with Crippen LogP contribution in [-0.2, 0) is 4.79 Å². The first-order valence-corrected chi connectivity index (χ1v) is 6.59. The van der Waals surface area contributed by atoms with Gasteiger partial charge >= 0.3 is 0 Å². The number of nitrogens with zero attached hydrogens (tertiary/aromatic N) is 4. The summed E-state index contributed by atoms with van der Waals surface area (Å²) in [6.07, 6.45) is 3.36. The van der Waals surface area contributed by atoms with Crippen LogP contribution >= 0.6 is 0 Å². The van der Waals surface area contributed by atoms with Gasteiger partial charge in [0.15, 0.2) is 5.65 Å². The van der Waals surface area contributed by atoms with Crippen LogP contribution < -0.4 is 16.4 Å². The maximum atomic E-state index is 11.4. The van der Waals surface area contributed by atoms with Crippen LogP contribution in [0.1, 0.15) is 19.8 Å². The van der Waals surface area contributed by atoms with Crippen molar-refractivity contribution in [3.63, 3.8) is 0 Å². The summed E-state index contributed by atoms with van der Waals surface area (Å²) in [4.78, 5) is 21.9. The molecule has 0 spiro atoms. The van der Waals surface area contributed by atoms with Crippen LogP contribution in [0.3, 0.4) is 0 Å². The average Bonchev–Trinajstić information content (AvgIpc) is 2.86. The third-order valence-electron chi connectivity index (χ3n) is 3.86. The zero-order chi connectivity index (χ0) is 14.3. The highest BCUT2D eigenvalue weighted by atomic mass is 16.1. The monoisotopic (exact) mass is 275 g/mol. The molecule has 3 rings (SSSR count). The zero-order valence-electron chi connectivity index (χ0n) is 11.2. The second kappa shape index (κ2) is 4.62. The smallest absolute Gasteiger partial charge is 0.224 e. The molecule has 2 aromatic heterocycles. The van der Waals surface area contributed by atoms with E-state index in [1.165, 1.54) is 0 Å². The van der Waals surface area contributed by atoms with Gasteiger partial charge < -0.3 is 16.4 Å². The molecule has 1 aliphatic heterocycles. The summed E-state index contributed by atoms with van der Waals surface area (Å²) in [5.74, 6) is 0.460. The summed E-state index contributed by atoms with van der Waals surface area (Å²) in [6.45, 7) is 2.65. The third-order valence-corrected chi connectivity index (χ3v) is 3.86. The number of hydrogen-bond donors (Lipinski definition) is 3. The number of aromatic nitrogens is 4. The van der Waals surface area contributed by atoms with Crippen LogP contribution in [-0.4, -0.2) is 38.7 Å². The average molecular weight is 275 g/mol. The Bertz CT molecular complexity index is 652. The molecule has 3 heterocycles. The van der Waals surface area contributed by atoms with E-state index in [1.807, 2.05) is 0 Å². The van der Waals surface area contributed by atoms with Crippen LogP contribution in [0.2, 0.25) is 0 Å². The summed E-state index contributed by atoms with van der Waals surface area (Å²) in [5, 5.41) is 7.57. The molecule has 1 aliphatic rings. The Morgan fingerprint density at radius 3 is 3.00 bits per heavy atom. The number of amides is 1. The van der Waals surface area contributed by atoms with E-state index in [0.29, 0.717) is 18.0 Å². The number of rotatable bonds is 2. The van der Waals surface area contributed by atoms with Crippen LogP contribution in [0.4, 0.5) is 11.8 Å². The number of hydrogen-bond acceptors (Lipinski definition) is 6. The lowest BCUT2D eigenvalue weighted by atomic mass is 9.93. The van der Waals surface area contributed by atoms with Gasteiger partial charge in [0.1, 0.15) is 5.82 Å². The molecule has 5 N–H and O–H groups in total. The van der Waals surface area contributed by atoms with E-state index in [-0.39, 0.29) is 23.8 Å². The molecule has 20 heavy (non-hydrogen) atoms. The molecular formula is C12H17N7O. The number of H-pyrrole nitrogens is 1. The number of nitrogen functional groups attached to an aromatic ring is 1. The molecular weight excluding hydrogens is 258 g/mol. The molecule has 1 saturated heterocycles. The standard InChI is InChI=1S/C12H17N7O/c1-6-2-3-7(9(13)20)5-19(6)11-8-4-15-18-10(8)16-12(14)17-11/h4,6-7H,2-3,5H2,1H3,(H2,13,20)(H3,14,15,16,17,18). The minimum Gasteiger partial charge on any atom is -0.369 e. The van der Waals surface area contributed by atoms with Gasteiger partial charge in [0.2, 0.25) is 11.9 Å². The summed E-state index contributed by atoms with van der Waals surface area (Å²) < 4.78 is 0. The first kappa shape index (κ1) is 12.6. The van der Waals surface area contributed by atoms with Gasteiger partial charge in [0.05, 0.1) is 17.5 Å². The molecule has 8 heteroatoms. The first-order chi connectivity index (χ1) is 9.56. The molecule has 2 aromatic rings. The fourth-order valence-electron chi connectivity index (χ4n) is 2.69. The minimum atomic E-state index is -0.271. The number of nitrogens with one attached hydrogen (secondary N) is 1. The highest BCUT2D eigenvalue weighted by Gasteiger charge is 2.30. The maximum absolute atomic E-state index is 11.4. The number of primary amides is 1. The van der Waals surface area contributed by atoms with E-state index < -0.39 is 0 Å². The van der Waals surface area contributed by atoms with Gasteiger partial charge in [-0.25, -0.2) is 0 Å². The Kier molecular flexibility index (Phi) is 2.92. The number of nitrogens with two attached hydrogens (primary N) is 2. The largest absolute Gasteiger partial charge is 0.369 e. The number of carbonyl (C=O) groups excluding carboxylic acids is 1. The fourth-order valence-corrected chi connectivity index (χ4v) is 2.69. The van der Waals surface area contributed by atoms with Gasteiger partial charge in [0.25, 0.3) is 0 Å². The number of piperidine rings is 1. The molecule has 0 saturated carbocycles. The quantitative estimate of drug-likeness (QED) is 0.709. The summed E-state index contributed by atoms with van der Waals surface area (Å²) in [6, 6.07) is 0.262. The van der Waals surface area contributed by atoms with Crippen molar-refractivity contribution in [2.75, 3.05) is 17.2 Å². The molecule has 8 nitrogen and oxygen atoms in total. The number of carbonyl (C=O) groups is 1. The van der Waals surface area contributed by atoms with Crippen molar-refractivity contribution in [3.05, 3.63) is 6.20 Å². The highest BCUT2D eigenvalue weighted by Crippen LogP contribution is 2.30. The van der Waals surface area contributed by atoms with Crippen molar-refractivity contribution in [1.29, 1.82) is 0 Å². The molecule has 2 atom stereocenters.